The van der Waals surface area contributed by atoms with E-state index in [4.69, 9.17) is 4.74 Å². The Morgan fingerprint density at radius 1 is 1.05 bits per heavy atom. The minimum atomic E-state index is 0.472. The highest BCUT2D eigenvalue weighted by atomic mass is 32.2. The Labute approximate surface area is 124 Å². The van der Waals surface area contributed by atoms with E-state index in [-0.39, 0.29) is 0 Å². The van der Waals surface area contributed by atoms with Crippen LogP contribution in [0.3, 0.4) is 0 Å². The quantitative estimate of drug-likeness (QED) is 0.547. The molecule has 0 aromatic heterocycles. The van der Waals surface area contributed by atoms with Crippen LogP contribution in [-0.2, 0) is 4.74 Å². The molecule has 0 aromatic carbocycles. The Hall–Kier alpha value is 0.270. The molecule has 1 aliphatic heterocycles. The lowest BCUT2D eigenvalue weighted by atomic mass is 10.2. The second-order valence-electron chi connectivity index (χ2n) is 5.67. The largest absolute Gasteiger partial charge is 0.362 e. The highest BCUT2D eigenvalue weighted by Crippen LogP contribution is 2.15. The highest BCUT2D eigenvalue weighted by molar-refractivity contribution is 7.99. The van der Waals surface area contributed by atoms with Gasteiger partial charge < -0.3 is 4.74 Å². The van der Waals surface area contributed by atoms with E-state index in [1.165, 1.54) is 76.0 Å². The molecule has 1 unspecified atom stereocenters. The van der Waals surface area contributed by atoms with E-state index in [0.717, 1.165) is 6.73 Å². The molecule has 0 aromatic rings. The first-order valence-corrected chi connectivity index (χ1v) is 9.44. The predicted molar refractivity (Wildman–Crippen MR) is 86.9 cm³/mol. The van der Waals surface area contributed by atoms with Crippen LogP contribution in [0.4, 0.5) is 0 Å². The average Bonchev–Trinajstić information content (AvgIpc) is 2.70. The second kappa shape index (κ2) is 12.0. The Kier molecular flexibility index (Phi) is 11.0. The molecule has 1 saturated heterocycles. The zero-order chi connectivity index (χ0) is 13.8. The molecule has 0 N–H and O–H groups in total. The molecule has 1 atom stereocenters. The molecule has 0 radical (unpaired) electrons. The van der Waals surface area contributed by atoms with Gasteiger partial charge in [0.25, 0.3) is 0 Å². The fourth-order valence-corrected chi connectivity index (χ4v) is 3.46. The van der Waals surface area contributed by atoms with Crippen LogP contribution in [0.2, 0.25) is 0 Å². The summed E-state index contributed by atoms with van der Waals surface area (Å²) >= 11 is 2.06. The summed E-state index contributed by atoms with van der Waals surface area (Å²) < 4.78 is 6.19. The van der Waals surface area contributed by atoms with Crippen LogP contribution in [0, 0.1) is 0 Å². The van der Waals surface area contributed by atoms with Crippen LogP contribution in [0.1, 0.15) is 65.2 Å². The molecular formula is C16H33NOS. The van der Waals surface area contributed by atoms with Crippen molar-refractivity contribution in [2.24, 2.45) is 0 Å². The van der Waals surface area contributed by atoms with Crippen LogP contribution in [0.5, 0.6) is 0 Å². The molecule has 0 amide bonds. The topological polar surface area (TPSA) is 12.5 Å². The number of hydrogen-bond acceptors (Lipinski definition) is 3. The summed E-state index contributed by atoms with van der Waals surface area (Å²) in [7, 11) is 0. The lowest BCUT2D eigenvalue weighted by Crippen LogP contribution is -2.31. The van der Waals surface area contributed by atoms with Crippen molar-refractivity contribution in [3.8, 4) is 0 Å². The van der Waals surface area contributed by atoms with E-state index in [0.29, 0.717) is 6.10 Å². The van der Waals surface area contributed by atoms with E-state index in [1.54, 1.807) is 0 Å². The van der Waals surface area contributed by atoms with Gasteiger partial charge in [-0.2, -0.15) is 11.8 Å². The Bertz CT molecular complexity index is 193. The standard InChI is InChI=1S/C16H33NOS/c1-3-5-10-16(14-19-13-4-2)18-15-17-11-8-6-7-9-12-17/h16H,3-15H2,1-2H3. The molecule has 3 heteroatoms. The van der Waals surface area contributed by atoms with Crippen molar-refractivity contribution in [2.75, 3.05) is 31.3 Å². The van der Waals surface area contributed by atoms with E-state index in [2.05, 4.69) is 30.5 Å². The Morgan fingerprint density at radius 3 is 2.42 bits per heavy atom. The van der Waals surface area contributed by atoms with Crippen molar-refractivity contribution in [1.29, 1.82) is 0 Å². The molecule has 0 spiro atoms. The van der Waals surface area contributed by atoms with Gasteiger partial charge in [0, 0.05) is 18.8 Å². The second-order valence-corrected chi connectivity index (χ2v) is 6.82. The van der Waals surface area contributed by atoms with Gasteiger partial charge in [0.15, 0.2) is 0 Å². The predicted octanol–water partition coefficient (Wildman–Crippen LogP) is 4.54. The minimum Gasteiger partial charge on any atom is -0.362 e. The molecule has 2 nitrogen and oxygen atoms in total. The lowest BCUT2D eigenvalue weighted by Gasteiger charge is -2.24. The summed E-state index contributed by atoms with van der Waals surface area (Å²) in [6.07, 6.45) is 11.1. The maximum Gasteiger partial charge on any atom is 0.0994 e. The van der Waals surface area contributed by atoms with Crippen molar-refractivity contribution in [3.05, 3.63) is 0 Å². The SMILES string of the molecule is CCCCC(CSCCC)OCN1CCCCCC1. The molecule has 1 heterocycles. The summed E-state index contributed by atoms with van der Waals surface area (Å²) in [5.74, 6) is 2.46. The smallest absolute Gasteiger partial charge is 0.0994 e. The number of unbranched alkanes of at least 4 members (excludes halogenated alkanes) is 1. The van der Waals surface area contributed by atoms with Gasteiger partial charge in [-0.3, -0.25) is 4.90 Å². The highest BCUT2D eigenvalue weighted by Gasteiger charge is 2.13. The monoisotopic (exact) mass is 287 g/mol. The van der Waals surface area contributed by atoms with Crippen LogP contribution >= 0.6 is 11.8 Å². The number of thioether (sulfide) groups is 1. The molecule has 19 heavy (non-hydrogen) atoms. The van der Waals surface area contributed by atoms with Crippen LogP contribution < -0.4 is 0 Å². The number of hydrogen-bond donors (Lipinski definition) is 0. The number of likely N-dealkylation sites (tertiary alicyclic amines) is 1. The molecule has 1 rings (SSSR count). The average molecular weight is 288 g/mol. The van der Waals surface area contributed by atoms with Crippen LogP contribution in [-0.4, -0.2) is 42.3 Å². The number of rotatable bonds is 10. The van der Waals surface area contributed by atoms with E-state index in [9.17, 15) is 0 Å². The van der Waals surface area contributed by atoms with Crippen molar-refractivity contribution >= 4 is 11.8 Å². The maximum absolute atomic E-state index is 6.19. The normalized spacial score (nSPS) is 19.3. The lowest BCUT2D eigenvalue weighted by molar-refractivity contribution is -0.0150. The van der Waals surface area contributed by atoms with E-state index in [1.807, 2.05) is 0 Å². The zero-order valence-electron chi connectivity index (χ0n) is 13.0. The van der Waals surface area contributed by atoms with Gasteiger partial charge in [-0.05, 0) is 31.4 Å². The molecule has 114 valence electrons. The van der Waals surface area contributed by atoms with Gasteiger partial charge in [-0.15, -0.1) is 0 Å². The first-order valence-electron chi connectivity index (χ1n) is 8.28. The van der Waals surface area contributed by atoms with Gasteiger partial charge in [0.05, 0.1) is 12.8 Å². The van der Waals surface area contributed by atoms with Gasteiger partial charge in [0.2, 0.25) is 0 Å². The van der Waals surface area contributed by atoms with Gasteiger partial charge in [-0.25, -0.2) is 0 Å². The third-order valence-corrected chi connectivity index (χ3v) is 5.03. The van der Waals surface area contributed by atoms with E-state index >= 15 is 0 Å². The van der Waals surface area contributed by atoms with Crippen LogP contribution in [0.25, 0.3) is 0 Å². The molecule has 1 fully saturated rings. The number of nitrogens with zero attached hydrogens (tertiary/aromatic N) is 1. The summed E-state index contributed by atoms with van der Waals surface area (Å²) in [6, 6.07) is 0. The first-order chi connectivity index (χ1) is 9.36. The van der Waals surface area contributed by atoms with Gasteiger partial charge in [-0.1, -0.05) is 39.5 Å². The zero-order valence-corrected chi connectivity index (χ0v) is 13.8. The Balaban J connectivity index is 2.20. The van der Waals surface area contributed by atoms with Crippen molar-refractivity contribution in [1.82, 2.24) is 4.90 Å². The van der Waals surface area contributed by atoms with Crippen LogP contribution in [0.15, 0.2) is 0 Å². The summed E-state index contributed by atoms with van der Waals surface area (Å²) in [6.45, 7) is 7.86. The summed E-state index contributed by atoms with van der Waals surface area (Å²) in [5.41, 5.74) is 0. The Morgan fingerprint density at radius 2 is 1.79 bits per heavy atom. The van der Waals surface area contributed by atoms with Gasteiger partial charge in [0.1, 0.15) is 0 Å². The van der Waals surface area contributed by atoms with Crippen molar-refractivity contribution in [3.63, 3.8) is 0 Å². The first kappa shape index (κ1) is 17.3. The van der Waals surface area contributed by atoms with Crippen molar-refractivity contribution in [2.45, 2.75) is 71.3 Å². The van der Waals surface area contributed by atoms with Gasteiger partial charge >= 0.3 is 0 Å². The number of ether oxygens (including phenoxy) is 1. The fourth-order valence-electron chi connectivity index (χ4n) is 2.48. The third kappa shape index (κ3) is 8.93. The summed E-state index contributed by atoms with van der Waals surface area (Å²) in [4.78, 5) is 2.51. The maximum atomic E-state index is 6.19. The molecule has 1 aliphatic rings. The fraction of sp³-hybridized carbons (Fsp3) is 1.00. The molecule has 0 aliphatic carbocycles. The molecular weight excluding hydrogens is 254 g/mol. The van der Waals surface area contributed by atoms with Crippen molar-refractivity contribution < 1.29 is 4.74 Å². The summed E-state index contributed by atoms with van der Waals surface area (Å²) in [5, 5.41) is 0. The third-order valence-electron chi connectivity index (χ3n) is 3.72. The molecule has 0 bridgehead atoms. The van der Waals surface area contributed by atoms with E-state index < -0.39 is 0 Å². The minimum absolute atomic E-state index is 0.472. The molecule has 0 saturated carbocycles.